The first-order chi connectivity index (χ1) is 17.7. The van der Waals surface area contributed by atoms with Crippen molar-refractivity contribution >= 4 is 34.9 Å². The molecule has 0 radical (unpaired) electrons. The zero-order chi connectivity index (χ0) is 26.9. The average Bonchev–Trinajstić information content (AvgIpc) is 2.86. The molecule has 0 spiro atoms. The largest absolute Gasteiger partial charge is 0.490 e. The molecule has 0 saturated heterocycles. The van der Waals surface area contributed by atoms with Gasteiger partial charge in [-0.25, -0.2) is 0 Å². The number of carbonyl (C=O) groups excluding carboxylic acids is 1. The summed E-state index contributed by atoms with van der Waals surface area (Å²) >= 11 is 0. The average molecular weight is 508 g/mol. The van der Waals surface area contributed by atoms with E-state index in [2.05, 4.69) is 15.8 Å². The van der Waals surface area contributed by atoms with Crippen molar-refractivity contribution in [2.45, 2.75) is 20.8 Å². The molecule has 0 unspecified atom stereocenters. The molecule has 0 aromatic heterocycles. The highest BCUT2D eigenvalue weighted by Crippen LogP contribution is 2.30. The van der Waals surface area contributed by atoms with Crippen molar-refractivity contribution in [1.82, 2.24) is 0 Å². The summed E-state index contributed by atoms with van der Waals surface area (Å²) in [4.78, 5) is 33.0. The SMILES string of the molecule is CCOc1cc(/C=N\Nc2ccc([N+](=O)[O-])cc2[N+](=O)[O-])ccc1OCC(=O)Nc1ccc(C)c(C)c1. The second-order valence-corrected chi connectivity index (χ2v) is 7.86. The number of rotatable bonds is 11. The van der Waals surface area contributed by atoms with Gasteiger partial charge in [0.2, 0.25) is 0 Å². The Morgan fingerprint density at radius 1 is 0.946 bits per heavy atom. The van der Waals surface area contributed by atoms with Crippen molar-refractivity contribution in [2.24, 2.45) is 5.10 Å². The maximum atomic E-state index is 12.3. The first kappa shape index (κ1) is 26.6. The molecule has 12 heteroatoms. The van der Waals surface area contributed by atoms with Gasteiger partial charge in [-0.2, -0.15) is 5.10 Å². The van der Waals surface area contributed by atoms with Crippen molar-refractivity contribution in [3.05, 3.63) is 91.5 Å². The summed E-state index contributed by atoms with van der Waals surface area (Å²) in [5.41, 5.74) is 5.07. The van der Waals surface area contributed by atoms with Gasteiger partial charge in [-0.1, -0.05) is 6.07 Å². The number of nitrogens with one attached hydrogen (secondary N) is 2. The van der Waals surface area contributed by atoms with Gasteiger partial charge in [0.05, 0.1) is 28.7 Å². The first-order valence-corrected chi connectivity index (χ1v) is 11.2. The number of carbonyl (C=O) groups is 1. The zero-order valence-electron chi connectivity index (χ0n) is 20.4. The van der Waals surface area contributed by atoms with Crippen LogP contribution in [-0.4, -0.2) is 35.2 Å². The predicted molar refractivity (Wildman–Crippen MR) is 139 cm³/mol. The standard InChI is InChI=1S/C25H25N5O7/c1-4-36-24-12-18(14-26-28-21-9-8-20(29(32)33)13-22(21)30(34)35)6-10-23(24)37-15-25(31)27-19-7-5-16(2)17(3)11-19/h5-14,28H,4,15H2,1-3H3,(H,27,31)/b26-14-. The minimum Gasteiger partial charge on any atom is -0.490 e. The van der Waals surface area contributed by atoms with E-state index in [0.29, 0.717) is 29.4 Å². The Balaban J connectivity index is 1.67. The minimum absolute atomic E-state index is 0.00776. The van der Waals surface area contributed by atoms with Crippen LogP contribution in [-0.2, 0) is 4.79 Å². The summed E-state index contributed by atoms with van der Waals surface area (Å²) in [6.07, 6.45) is 1.39. The van der Waals surface area contributed by atoms with Gasteiger partial charge in [-0.3, -0.25) is 30.4 Å². The Morgan fingerprint density at radius 2 is 1.73 bits per heavy atom. The molecule has 0 aliphatic carbocycles. The number of nitro benzene ring substituents is 2. The number of amides is 1. The van der Waals surface area contributed by atoms with E-state index in [1.54, 1.807) is 25.1 Å². The molecular weight excluding hydrogens is 482 g/mol. The van der Waals surface area contributed by atoms with Crippen LogP contribution < -0.4 is 20.2 Å². The van der Waals surface area contributed by atoms with Crippen LogP contribution >= 0.6 is 0 Å². The number of anilines is 2. The van der Waals surface area contributed by atoms with E-state index in [-0.39, 0.29) is 18.2 Å². The quantitative estimate of drug-likeness (QED) is 0.209. The molecule has 3 aromatic carbocycles. The van der Waals surface area contributed by atoms with Gasteiger partial charge in [0.1, 0.15) is 5.69 Å². The minimum atomic E-state index is -0.736. The van der Waals surface area contributed by atoms with Gasteiger partial charge in [0, 0.05) is 11.8 Å². The Bertz CT molecular complexity index is 1360. The number of nitrogens with zero attached hydrogens (tertiary/aromatic N) is 3. The van der Waals surface area contributed by atoms with Crippen molar-refractivity contribution < 1.29 is 24.1 Å². The Hall–Kier alpha value is -5.00. The third-order valence-electron chi connectivity index (χ3n) is 5.20. The van der Waals surface area contributed by atoms with Crippen LogP contribution in [0.5, 0.6) is 11.5 Å². The van der Waals surface area contributed by atoms with Crippen LogP contribution in [0.2, 0.25) is 0 Å². The second kappa shape index (κ2) is 12.1. The number of hydrazone groups is 1. The number of nitro groups is 2. The first-order valence-electron chi connectivity index (χ1n) is 11.2. The lowest BCUT2D eigenvalue weighted by Crippen LogP contribution is -2.20. The number of hydrogen-bond donors (Lipinski definition) is 2. The van der Waals surface area contributed by atoms with Gasteiger partial charge in [0.15, 0.2) is 18.1 Å². The molecule has 0 heterocycles. The lowest BCUT2D eigenvalue weighted by Gasteiger charge is -2.13. The summed E-state index contributed by atoms with van der Waals surface area (Å²) in [6.45, 7) is 5.86. The van der Waals surface area contributed by atoms with Gasteiger partial charge in [-0.15, -0.1) is 0 Å². The smallest absolute Gasteiger partial charge is 0.301 e. The molecule has 0 aliphatic heterocycles. The molecule has 3 aromatic rings. The monoisotopic (exact) mass is 507 g/mol. The van der Waals surface area contributed by atoms with Crippen LogP contribution in [0.15, 0.2) is 59.7 Å². The Kier molecular flexibility index (Phi) is 8.71. The fraction of sp³-hybridized carbons (Fsp3) is 0.200. The lowest BCUT2D eigenvalue weighted by atomic mass is 10.1. The van der Waals surface area contributed by atoms with Gasteiger partial charge in [0.25, 0.3) is 11.6 Å². The number of ether oxygens (including phenoxy) is 2. The Labute approximate surface area is 212 Å². The molecule has 37 heavy (non-hydrogen) atoms. The molecule has 1 amide bonds. The van der Waals surface area contributed by atoms with Crippen molar-refractivity contribution in [3.63, 3.8) is 0 Å². The molecule has 3 rings (SSSR count). The van der Waals surface area contributed by atoms with Crippen LogP contribution in [0, 0.1) is 34.1 Å². The molecule has 0 aliphatic rings. The third-order valence-corrected chi connectivity index (χ3v) is 5.20. The van der Waals surface area contributed by atoms with Crippen molar-refractivity contribution in [1.29, 1.82) is 0 Å². The van der Waals surface area contributed by atoms with Crippen LogP contribution in [0.1, 0.15) is 23.6 Å². The molecule has 0 saturated carbocycles. The molecule has 2 N–H and O–H groups in total. The summed E-state index contributed by atoms with van der Waals surface area (Å²) in [5, 5.41) is 28.9. The van der Waals surface area contributed by atoms with Crippen LogP contribution in [0.4, 0.5) is 22.7 Å². The third kappa shape index (κ3) is 7.24. The normalized spacial score (nSPS) is 10.7. The van der Waals surface area contributed by atoms with Crippen LogP contribution in [0.3, 0.4) is 0 Å². The topological polar surface area (TPSA) is 158 Å². The van der Waals surface area contributed by atoms with E-state index in [4.69, 9.17) is 9.47 Å². The van der Waals surface area contributed by atoms with E-state index >= 15 is 0 Å². The van der Waals surface area contributed by atoms with Crippen LogP contribution in [0.25, 0.3) is 0 Å². The highest BCUT2D eigenvalue weighted by Gasteiger charge is 2.19. The summed E-state index contributed by atoms with van der Waals surface area (Å²) in [5.74, 6) is 0.408. The molecule has 0 atom stereocenters. The van der Waals surface area contributed by atoms with E-state index in [1.165, 1.54) is 12.3 Å². The Morgan fingerprint density at radius 3 is 2.41 bits per heavy atom. The fourth-order valence-corrected chi connectivity index (χ4v) is 3.21. The fourth-order valence-electron chi connectivity index (χ4n) is 3.21. The van der Waals surface area contributed by atoms with Crippen molar-refractivity contribution in [2.75, 3.05) is 24.0 Å². The maximum Gasteiger partial charge on any atom is 0.301 e. The summed E-state index contributed by atoms with van der Waals surface area (Å²) in [7, 11) is 0. The highest BCUT2D eigenvalue weighted by atomic mass is 16.6. The van der Waals surface area contributed by atoms with E-state index < -0.39 is 21.2 Å². The predicted octanol–water partition coefficient (Wildman–Crippen LogP) is 4.98. The molecular formula is C25H25N5O7. The van der Waals surface area contributed by atoms with Gasteiger partial charge >= 0.3 is 5.69 Å². The summed E-state index contributed by atoms with van der Waals surface area (Å²) in [6, 6.07) is 13.7. The van der Waals surface area contributed by atoms with Gasteiger partial charge in [-0.05, 0) is 73.9 Å². The van der Waals surface area contributed by atoms with E-state index in [9.17, 15) is 25.0 Å². The second-order valence-electron chi connectivity index (χ2n) is 7.86. The molecule has 0 bridgehead atoms. The number of aryl methyl sites for hydroxylation is 2. The number of non-ortho nitro benzene ring substituents is 1. The maximum absolute atomic E-state index is 12.3. The number of benzene rings is 3. The molecule has 0 fully saturated rings. The van der Waals surface area contributed by atoms with Gasteiger partial charge < -0.3 is 14.8 Å². The number of hydrogen-bond acceptors (Lipinski definition) is 9. The molecule has 192 valence electrons. The van der Waals surface area contributed by atoms with E-state index in [0.717, 1.165) is 23.3 Å². The molecule has 12 nitrogen and oxygen atoms in total. The van der Waals surface area contributed by atoms with Crippen molar-refractivity contribution in [3.8, 4) is 11.5 Å². The van der Waals surface area contributed by atoms with E-state index in [1.807, 2.05) is 32.0 Å². The zero-order valence-corrected chi connectivity index (χ0v) is 20.4. The highest BCUT2D eigenvalue weighted by molar-refractivity contribution is 5.92. The summed E-state index contributed by atoms with van der Waals surface area (Å²) < 4.78 is 11.3. The lowest BCUT2D eigenvalue weighted by molar-refractivity contribution is -0.393.